The molecule has 0 amide bonds. The van der Waals surface area contributed by atoms with Gasteiger partial charge in [-0.1, -0.05) is 0 Å². The lowest BCUT2D eigenvalue weighted by Crippen LogP contribution is -1.97. The van der Waals surface area contributed by atoms with Gasteiger partial charge in [0.2, 0.25) is 0 Å². The van der Waals surface area contributed by atoms with E-state index in [-0.39, 0.29) is 5.69 Å². The molecule has 0 saturated carbocycles. The lowest BCUT2D eigenvalue weighted by atomic mass is 10.3. The summed E-state index contributed by atoms with van der Waals surface area (Å²) in [5.74, 6) is 0. The second-order valence-electron chi connectivity index (χ2n) is 3.97. The molecule has 0 aliphatic heterocycles. The molecule has 0 atom stereocenters. The molecular formula is C12H8BrN3O3S. The Balaban J connectivity index is 1.82. The first kappa shape index (κ1) is 13.1. The standard InChI is InChI=1S/C12H8BrN3O3S/c13-8-3-4-20-11(8)6-14-12-15-9-2-1-7(16(17)18)5-10(9)19-12/h1-5H,6H2,(H,14,15). The summed E-state index contributed by atoms with van der Waals surface area (Å²) >= 11 is 5.06. The average Bonchev–Trinajstić information content (AvgIpc) is 3.00. The Morgan fingerprint density at radius 2 is 2.30 bits per heavy atom. The number of aromatic nitrogens is 1. The number of nitro groups is 1. The van der Waals surface area contributed by atoms with Gasteiger partial charge in [-0.15, -0.1) is 11.3 Å². The van der Waals surface area contributed by atoms with Crippen molar-refractivity contribution in [2.45, 2.75) is 6.54 Å². The van der Waals surface area contributed by atoms with E-state index in [4.69, 9.17) is 4.42 Å². The number of nitrogens with zero attached hydrogens (tertiary/aromatic N) is 2. The molecule has 102 valence electrons. The van der Waals surface area contributed by atoms with Crippen LogP contribution in [-0.4, -0.2) is 9.91 Å². The first-order chi connectivity index (χ1) is 9.63. The zero-order valence-corrected chi connectivity index (χ0v) is 12.4. The van der Waals surface area contributed by atoms with Gasteiger partial charge in [0.25, 0.3) is 11.7 Å². The summed E-state index contributed by atoms with van der Waals surface area (Å²) in [6, 6.07) is 6.67. The molecule has 0 fully saturated rings. The molecule has 0 spiro atoms. The predicted octanol–water partition coefficient (Wildman–Crippen LogP) is 4.17. The smallest absolute Gasteiger partial charge is 0.295 e. The molecule has 0 bridgehead atoms. The topological polar surface area (TPSA) is 81.2 Å². The summed E-state index contributed by atoms with van der Waals surface area (Å²) in [5.41, 5.74) is 0.969. The van der Waals surface area contributed by atoms with Crippen LogP contribution < -0.4 is 5.32 Å². The number of hydrogen-bond donors (Lipinski definition) is 1. The molecule has 0 unspecified atom stereocenters. The Morgan fingerprint density at radius 1 is 1.45 bits per heavy atom. The molecule has 3 aromatic rings. The van der Waals surface area contributed by atoms with Crippen LogP contribution in [0.3, 0.4) is 0 Å². The fraction of sp³-hybridized carbons (Fsp3) is 0.0833. The highest BCUT2D eigenvalue weighted by molar-refractivity contribution is 9.10. The first-order valence-electron chi connectivity index (χ1n) is 5.64. The number of oxazole rings is 1. The van der Waals surface area contributed by atoms with Crippen molar-refractivity contribution in [1.82, 2.24) is 4.98 Å². The van der Waals surface area contributed by atoms with Crippen molar-refractivity contribution in [3.05, 3.63) is 49.1 Å². The van der Waals surface area contributed by atoms with Gasteiger partial charge < -0.3 is 9.73 Å². The van der Waals surface area contributed by atoms with Crippen LogP contribution in [0.15, 0.2) is 38.5 Å². The molecule has 2 heterocycles. The van der Waals surface area contributed by atoms with Gasteiger partial charge >= 0.3 is 0 Å². The highest BCUT2D eigenvalue weighted by Gasteiger charge is 2.12. The zero-order valence-electron chi connectivity index (χ0n) is 10.00. The van der Waals surface area contributed by atoms with Crippen molar-refractivity contribution in [3.8, 4) is 0 Å². The van der Waals surface area contributed by atoms with E-state index in [1.807, 2.05) is 11.4 Å². The van der Waals surface area contributed by atoms with E-state index in [2.05, 4.69) is 26.2 Å². The van der Waals surface area contributed by atoms with Crippen molar-refractivity contribution >= 4 is 50.1 Å². The van der Waals surface area contributed by atoms with Gasteiger partial charge in [0.15, 0.2) is 5.58 Å². The molecule has 1 N–H and O–H groups in total. The molecule has 0 radical (unpaired) electrons. The Kier molecular flexibility index (Phi) is 3.41. The Bertz CT molecular complexity index is 783. The minimum Gasteiger partial charge on any atom is -0.423 e. The van der Waals surface area contributed by atoms with E-state index in [1.54, 1.807) is 17.4 Å². The fourth-order valence-electron chi connectivity index (χ4n) is 1.71. The number of nitrogens with one attached hydrogen (secondary N) is 1. The van der Waals surface area contributed by atoms with Crippen molar-refractivity contribution < 1.29 is 9.34 Å². The maximum atomic E-state index is 10.7. The highest BCUT2D eigenvalue weighted by atomic mass is 79.9. The number of non-ortho nitro benzene ring substituents is 1. The van der Waals surface area contributed by atoms with Crippen LogP contribution in [0.2, 0.25) is 0 Å². The third-order valence-corrected chi connectivity index (χ3v) is 4.60. The SMILES string of the molecule is O=[N+]([O-])c1ccc2nc(NCc3sccc3Br)oc2c1. The van der Waals surface area contributed by atoms with Crippen LogP contribution in [-0.2, 0) is 6.54 Å². The second-order valence-corrected chi connectivity index (χ2v) is 5.83. The van der Waals surface area contributed by atoms with E-state index >= 15 is 0 Å². The van der Waals surface area contributed by atoms with Crippen LogP contribution in [0.25, 0.3) is 11.1 Å². The summed E-state index contributed by atoms with van der Waals surface area (Å²) in [5, 5.41) is 15.7. The van der Waals surface area contributed by atoms with E-state index in [0.29, 0.717) is 23.7 Å². The molecule has 1 aromatic carbocycles. The predicted molar refractivity (Wildman–Crippen MR) is 80.0 cm³/mol. The molecule has 0 aliphatic carbocycles. The van der Waals surface area contributed by atoms with Crippen LogP contribution in [0.5, 0.6) is 0 Å². The van der Waals surface area contributed by atoms with E-state index in [1.165, 1.54) is 12.1 Å². The van der Waals surface area contributed by atoms with E-state index in [0.717, 1.165) is 9.35 Å². The number of fused-ring (bicyclic) bond motifs is 1. The van der Waals surface area contributed by atoms with Gasteiger partial charge in [0.05, 0.1) is 17.5 Å². The Labute approximate surface area is 125 Å². The molecule has 6 nitrogen and oxygen atoms in total. The monoisotopic (exact) mass is 353 g/mol. The maximum Gasteiger partial charge on any atom is 0.295 e. The van der Waals surface area contributed by atoms with E-state index in [9.17, 15) is 10.1 Å². The molecule has 0 saturated heterocycles. The first-order valence-corrected chi connectivity index (χ1v) is 7.31. The number of rotatable bonds is 4. The van der Waals surface area contributed by atoms with Crippen molar-refractivity contribution in [1.29, 1.82) is 0 Å². The van der Waals surface area contributed by atoms with E-state index < -0.39 is 4.92 Å². The average molecular weight is 354 g/mol. The highest BCUT2D eigenvalue weighted by Crippen LogP contribution is 2.26. The molecular weight excluding hydrogens is 346 g/mol. The normalized spacial score (nSPS) is 10.8. The second kappa shape index (κ2) is 5.22. The summed E-state index contributed by atoms with van der Waals surface area (Å²) in [4.78, 5) is 15.6. The molecule has 20 heavy (non-hydrogen) atoms. The summed E-state index contributed by atoms with van der Waals surface area (Å²) in [7, 11) is 0. The minimum atomic E-state index is -0.460. The number of nitro benzene ring substituents is 1. The zero-order chi connectivity index (χ0) is 14.1. The van der Waals surface area contributed by atoms with Gasteiger partial charge in [-0.25, -0.2) is 0 Å². The number of hydrogen-bond acceptors (Lipinski definition) is 6. The lowest BCUT2D eigenvalue weighted by molar-refractivity contribution is -0.384. The van der Waals surface area contributed by atoms with Crippen molar-refractivity contribution in [3.63, 3.8) is 0 Å². The fourth-order valence-corrected chi connectivity index (χ4v) is 3.14. The molecule has 8 heteroatoms. The number of halogens is 1. The minimum absolute atomic E-state index is 0.0128. The lowest BCUT2D eigenvalue weighted by Gasteiger charge is -1.99. The van der Waals surface area contributed by atoms with Gasteiger partial charge in [-0.05, 0) is 33.4 Å². The molecule has 3 rings (SSSR count). The van der Waals surface area contributed by atoms with Crippen molar-refractivity contribution in [2.24, 2.45) is 0 Å². The number of anilines is 1. The Morgan fingerprint density at radius 3 is 3.00 bits per heavy atom. The Hall–Kier alpha value is -1.93. The van der Waals surface area contributed by atoms with Crippen LogP contribution in [0.1, 0.15) is 4.88 Å². The third-order valence-electron chi connectivity index (χ3n) is 2.67. The summed E-state index contributed by atoms with van der Waals surface area (Å²) in [6.07, 6.45) is 0. The van der Waals surface area contributed by atoms with Gasteiger partial charge in [0.1, 0.15) is 5.52 Å². The molecule has 0 aliphatic rings. The summed E-state index contributed by atoms with van der Waals surface area (Å²) in [6.45, 7) is 0.577. The van der Waals surface area contributed by atoms with Gasteiger partial charge in [0, 0.05) is 15.4 Å². The maximum absolute atomic E-state index is 10.7. The third kappa shape index (κ3) is 2.52. The largest absolute Gasteiger partial charge is 0.423 e. The number of thiophene rings is 1. The van der Waals surface area contributed by atoms with Crippen LogP contribution in [0.4, 0.5) is 11.7 Å². The van der Waals surface area contributed by atoms with Gasteiger partial charge in [-0.2, -0.15) is 4.98 Å². The number of benzene rings is 1. The van der Waals surface area contributed by atoms with Gasteiger partial charge in [-0.3, -0.25) is 10.1 Å². The summed E-state index contributed by atoms with van der Waals surface area (Å²) < 4.78 is 6.49. The molecule has 2 aromatic heterocycles. The quantitative estimate of drug-likeness (QED) is 0.562. The van der Waals surface area contributed by atoms with Crippen LogP contribution in [0, 0.1) is 10.1 Å². The van der Waals surface area contributed by atoms with Crippen LogP contribution >= 0.6 is 27.3 Å². The van der Waals surface area contributed by atoms with Crippen molar-refractivity contribution in [2.75, 3.05) is 5.32 Å².